The highest BCUT2D eigenvalue weighted by atomic mass is 19.4. The molecule has 0 bridgehead atoms. The van der Waals surface area contributed by atoms with Crippen molar-refractivity contribution in [2.24, 2.45) is 0 Å². The van der Waals surface area contributed by atoms with Gasteiger partial charge in [0, 0.05) is 11.6 Å². The van der Waals surface area contributed by atoms with Gasteiger partial charge in [-0.2, -0.15) is 13.2 Å². The van der Waals surface area contributed by atoms with Crippen LogP contribution in [-0.4, -0.2) is 30.4 Å². The molecule has 0 radical (unpaired) electrons. The van der Waals surface area contributed by atoms with Crippen LogP contribution in [0.5, 0.6) is 11.5 Å². The van der Waals surface area contributed by atoms with Crippen molar-refractivity contribution in [3.63, 3.8) is 0 Å². The molecular weight excluding hydrogens is 267 g/mol. The zero-order chi connectivity index (χ0) is 13.8. The molecule has 0 aliphatic carbocycles. The minimum atomic E-state index is -5.12. The molecule has 5 nitrogen and oxygen atoms in total. The number of rotatable bonds is 0. The number of fused-ring (bicyclic) bond motifs is 2. The van der Waals surface area contributed by atoms with Gasteiger partial charge in [-0.15, -0.1) is 0 Å². The van der Waals surface area contributed by atoms with Gasteiger partial charge in [0.05, 0.1) is 5.69 Å². The van der Waals surface area contributed by atoms with Gasteiger partial charge in [-0.25, -0.2) is 0 Å². The monoisotopic (exact) mass is 275 g/mol. The Balaban J connectivity index is 2.19. The van der Waals surface area contributed by atoms with Gasteiger partial charge in [0.15, 0.2) is 11.5 Å². The largest absolute Gasteiger partial charge is 0.486 e. The average molecular weight is 275 g/mol. The summed E-state index contributed by atoms with van der Waals surface area (Å²) >= 11 is 0. The topological polar surface area (TPSA) is 67.8 Å². The highest BCUT2D eigenvalue weighted by Crippen LogP contribution is 2.50. The van der Waals surface area contributed by atoms with Crippen molar-refractivity contribution < 1.29 is 32.5 Å². The number of alkyl halides is 3. The molecule has 1 aromatic rings. The molecule has 2 aliphatic heterocycles. The SMILES string of the molecule is O=C1Nc2cc3c(cc2[C@]1(O)C(F)(F)F)OCCO3. The molecule has 1 aromatic carbocycles. The Morgan fingerprint density at radius 3 is 2.37 bits per heavy atom. The van der Waals surface area contributed by atoms with Crippen molar-refractivity contribution in [2.45, 2.75) is 11.8 Å². The van der Waals surface area contributed by atoms with Gasteiger partial charge in [0.25, 0.3) is 11.5 Å². The normalized spacial score (nSPS) is 24.9. The zero-order valence-corrected chi connectivity index (χ0v) is 9.37. The summed E-state index contributed by atoms with van der Waals surface area (Å²) in [5.74, 6) is -1.22. The Morgan fingerprint density at radius 1 is 1.21 bits per heavy atom. The van der Waals surface area contributed by atoms with E-state index in [1.165, 1.54) is 6.07 Å². The molecular formula is C11H8F3NO4. The fourth-order valence-corrected chi connectivity index (χ4v) is 2.11. The van der Waals surface area contributed by atoms with Crippen molar-refractivity contribution in [3.05, 3.63) is 17.7 Å². The maximum atomic E-state index is 12.9. The third kappa shape index (κ3) is 1.49. The molecule has 1 amide bonds. The highest BCUT2D eigenvalue weighted by molar-refractivity contribution is 6.06. The predicted octanol–water partition coefficient (Wildman–Crippen LogP) is 1.16. The van der Waals surface area contributed by atoms with E-state index in [4.69, 9.17) is 9.47 Å². The number of carbonyl (C=O) groups excluding carboxylic acids is 1. The second-order valence-electron chi connectivity index (χ2n) is 4.20. The molecule has 2 N–H and O–H groups in total. The van der Waals surface area contributed by atoms with Crippen LogP contribution in [0.25, 0.3) is 0 Å². The van der Waals surface area contributed by atoms with Gasteiger partial charge in [-0.05, 0) is 6.07 Å². The number of carbonyl (C=O) groups is 1. The molecule has 1 atom stereocenters. The van der Waals surface area contributed by atoms with E-state index in [9.17, 15) is 23.1 Å². The summed E-state index contributed by atoms with van der Waals surface area (Å²) in [5, 5.41) is 11.7. The minimum absolute atomic E-state index is 0.0733. The lowest BCUT2D eigenvalue weighted by molar-refractivity contribution is -0.252. The molecule has 19 heavy (non-hydrogen) atoms. The second kappa shape index (κ2) is 3.53. The first-order valence-corrected chi connectivity index (χ1v) is 5.38. The van der Waals surface area contributed by atoms with E-state index in [0.29, 0.717) is 0 Å². The summed E-state index contributed by atoms with van der Waals surface area (Å²) < 4.78 is 49.1. The first-order valence-electron chi connectivity index (χ1n) is 5.38. The molecule has 0 aromatic heterocycles. The van der Waals surface area contributed by atoms with Crippen LogP contribution in [0.1, 0.15) is 5.56 Å². The highest BCUT2D eigenvalue weighted by Gasteiger charge is 2.64. The van der Waals surface area contributed by atoms with Crippen molar-refractivity contribution in [2.75, 3.05) is 18.5 Å². The third-order valence-electron chi connectivity index (χ3n) is 3.06. The number of aliphatic hydroxyl groups is 1. The van der Waals surface area contributed by atoms with Gasteiger partial charge < -0.3 is 19.9 Å². The number of hydrogen-bond acceptors (Lipinski definition) is 4. The Kier molecular flexibility index (Phi) is 2.25. The van der Waals surface area contributed by atoms with Gasteiger partial charge in [-0.1, -0.05) is 0 Å². The minimum Gasteiger partial charge on any atom is -0.486 e. The lowest BCUT2D eigenvalue weighted by Crippen LogP contribution is -2.47. The van der Waals surface area contributed by atoms with Crippen molar-refractivity contribution in [1.29, 1.82) is 0 Å². The third-order valence-corrected chi connectivity index (χ3v) is 3.06. The number of anilines is 1. The lowest BCUT2D eigenvalue weighted by Gasteiger charge is -2.25. The van der Waals surface area contributed by atoms with Crippen molar-refractivity contribution >= 4 is 11.6 Å². The number of amides is 1. The van der Waals surface area contributed by atoms with Crippen LogP contribution in [-0.2, 0) is 10.4 Å². The summed E-state index contributed by atoms with van der Waals surface area (Å²) in [4.78, 5) is 11.5. The zero-order valence-electron chi connectivity index (χ0n) is 9.37. The van der Waals surface area contributed by atoms with Crippen molar-refractivity contribution in [3.8, 4) is 11.5 Å². The number of benzene rings is 1. The number of halogens is 3. The maximum Gasteiger partial charge on any atom is 0.430 e. The van der Waals surface area contributed by atoms with Crippen LogP contribution >= 0.6 is 0 Å². The van der Waals surface area contributed by atoms with E-state index < -0.39 is 23.2 Å². The predicted molar refractivity (Wildman–Crippen MR) is 56.0 cm³/mol. The molecule has 0 fully saturated rings. The van der Waals surface area contributed by atoms with Gasteiger partial charge in [0.2, 0.25) is 0 Å². The summed E-state index contributed by atoms with van der Waals surface area (Å²) in [6, 6.07) is 2.20. The maximum absolute atomic E-state index is 12.9. The first-order chi connectivity index (χ1) is 8.84. The fourth-order valence-electron chi connectivity index (χ4n) is 2.11. The molecule has 0 saturated carbocycles. The van der Waals surface area contributed by atoms with Crippen LogP contribution in [0.2, 0.25) is 0 Å². The smallest absolute Gasteiger partial charge is 0.430 e. The van der Waals surface area contributed by atoms with E-state index in [0.717, 1.165) is 6.07 Å². The number of nitrogens with one attached hydrogen (secondary N) is 1. The van der Waals surface area contributed by atoms with Crippen LogP contribution in [0.4, 0.5) is 18.9 Å². The Morgan fingerprint density at radius 2 is 1.79 bits per heavy atom. The van der Waals surface area contributed by atoms with Crippen molar-refractivity contribution in [1.82, 2.24) is 0 Å². The summed E-state index contributed by atoms with van der Waals surface area (Å²) in [6.45, 7) is 0.459. The molecule has 8 heteroatoms. The lowest BCUT2D eigenvalue weighted by atomic mass is 9.94. The quantitative estimate of drug-likeness (QED) is 0.745. The van der Waals surface area contributed by atoms with Crippen LogP contribution in [0.15, 0.2) is 12.1 Å². The molecule has 3 rings (SSSR count). The Bertz CT molecular complexity index is 572. The summed E-state index contributed by atoms with van der Waals surface area (Å²) in [6.07, 6.45) is -5.12. The average Bonchev–Trinajstić information content (AvgIpc) is 2.59. The molecule has 2 aliphatic rings. The van der Waals surface area contributed by atoms with Gasteiger partial charge in [-0.3, -0.25) is 4.79 Å². The van der Waals surface area contributed by atoms with E-state index in [-0.39, 0.29) is 30.4 Å². The van der Waals surface area contributed by atoms with Gasteiger partial charge in [0.1, 0.15) is 13.2 Å². The molecule has 0 saturated heterocycles. The standard InChI is InChI=1S/C11H8F3NO4/c12-11(13,14)10(17)5-3-7-8(19-2-1-18-7)4-6(5)15-9(10)16/h3-4,17H,1-2H2,(H,15,16)/t10-/m1/s1. The Labute approximate surface area is 104 Å². The molecule has 102 valence electrons. The molecule has 0 spiro atoms. The van der Waals surface area contributed by atoms with Crippen LogP contribution in [0, 0.1) is 0 Å². The second-order valence-corrected chi connectivity index (χ2v) is 4.20. The number of hydrogen-bond donors (Lipinski definition) is 2. The van der Waals surface area contributed by atoms with Crippen LogP contribution < -0.4 is 14.8 Å². The van der Waals surface area contributed by atoms with Crippen LogP contribution in [0.3, 0.4) is 0 Å². The number of ether oxygens (including phenoxy) is 2. The Hall–Kier alpha value is -1.96. The fraction of sp³-hybridized carbons (Fsp3) is 0.364. The van der Waals surface area contributed by atoms with E-state index in [1.54, 1.807) is 0 Å². The first kappa shape index (κ1) is 12.1. The van der Waals surface area contributed by atoms with E-state index in [1.807, 2.05) is 5.32 Å². The van der Waals surface area contributed by atoms with E-state index >= 15 is 0 Å². The molecule has 2 heterocycles. The summed E-state index contributed by atoms with van der Waals surface area (Å²) in [5.41, 5.74) is -4.26. The molecule has 0 unspecified atom stereocenters. The van der Waals surface area contributed by atoms with Gasteiger partial charge >= 0.3 is 6.18 Å². The van der Waals surface area contributed by atoms with E-state index in [2.05, 4.69) is 0 Å². The summed E-state index contributed by atoms with van der Waals surface area (Å²) in [7, 11) is 0.